The highest BCUT2D eigenvalue weighted by Crippen LogP contribution is 2.24. The minimum atomic E-state index is -0.222. The Labute approximate surface area is 161 Å². The molecule has 0 bridgehead atoms. The molecule has 0 fully saturated rings. The molecular weight excluding hydrogens is 368 g/mol. The van der Waals surface area contributed by atoms with Crippen molar-refractivity contribution < 1.29 is 9.53 Å². The third-order valence-electron chi connectivity index (χ3n) is 3.63. The molecule has 1 N–H and O–H groups in total. The molecule has 1 aromatic heterocycles. The van der Waals surface area contributed by atoms with Crippen molar-refractivity contribution in [2.45, 2.75) is 19.8 Å². The molecule has 1 heterocycles. The number of hydrogen-bond acceptors (Lipinski definition) is 4. The smallest absolute Gasteiger partial charge is 0.261 e. The molecule has 3 rings (SSSR count). The minimum Gasteiger partial charge on any atom is -0.493 e. The number of thiazole rings is 1. The molecule has 0 spiro atoms. The molecule has 134 valence electrons. The number of benzene rings is 2. The highest BCUT2D eigenvalue weighted by atomic mass is 35.5. The van der Waals surface area contributed by atoms with Gasteiger partial charge in [-0.05, 0) is 36.2 Å². The molecule has 3 aromatic rings. The summed E-state index contributed by atoms with van der Waals surface area (Å²) in [5, 5.41) is 4.13. The van der Waals surface area contributed by atoms with Crippen molar-refractivity contribution in [2.75, 3.05) is 11.9 Å². The van der Waals surface area contributed by atoms with Crippen LogP contribution < -0.4 is 10.1 Å². The summed E-state index contributed by atoms with van der Waals surface area (Å²) in [6.07, 6.45) is 3.39. The molecule has 0 aliphatic carbocycles. The zero-order valence-electron chi connectivity index (χ0n) is 14.4. The Morgan fingerprint density at radius 2 is 2.08 bits per heavy atom. The molecule has 1 amide bonds. The first-order valence-electron chi connectivity index (χ1n) is 8.38. The van der Waals surface area contributed by atoms with Gasteiger partial charge in [0.2, 0.25) is 0 Å². The second-order valence-corrected chi connectivity index (χ2v) is 7.29. The van der Waals surface area contributed by atoms with Crippen LogP contribution in [-0.2, 0) is 6.42 Å². The molecule has 0 radical (unpaired) electrons. The zero-order chi connectivity index (χ0) is 18.4. The van der Waals surface area contributed by atoms with E-state index in [0.717, 1.165) is 23.3 Å². The van der Waals surface area contributed by atoms with Crippen LogP contribution in [0.25, 0.3) is 0 Å². The van der Waals surface area contributed by atoms with Crippen LogP contribution in [0.15, 0.2) is 54.7 Å². The molecule has 0 aliphatic heterocycles. The van der Waals surface area contributed by atoms with Crippen molar-refractivity contribution in [3.05, 3.63) is 75.8 Å². The minimum absolute atomic E-state index is 0.222. The normalized spacial score (nSPS) is 10.5. The van der Waals surface area contributed by atoms with Gasteiger partial charge in [0, 0.05) is 22.5 Å². The van der Waals surface area contributed by atoms with Gasteiger partial charge in [-0.2, -0.15) is 0 Å². The van der Waals surface area contributed by atoms with Gasteiger partial charge in [0.1, 0.15) is 5.75 Å². The van der Waals surface area contributed by atoms with E-state index in [1.807, 2.05) is 43.3 Å². The number of amides is 1. The Kier molecular flexibility index (Phi) is 6.26. The molecule has 0 aliphatic rings. The lowest BCUT2D eigenvalue weighted by Crippen LogP contribution is -2.13. The van der Waals surface area contributed by atoms with E-state index in [1.165, 1.54) is 11.3 Å². The molecule has 26 heavy (non-hydrogen) atoms. The second kappa shape index (κ2) is 8.83. The number of nitrogens with one attached hydrogen (secondary N) is 1. The van der Waals surface area contributed by atoms with Crippen molar-refractivity contribution in [1.29, 1.82) is 0 Å². The fourth-order valence-electron chi connectivity index (χ4n) is 2.45. The standard InChI is InChI=1S/C20H19ClN2O2S/c1-2-10-25-18-9-4-3-8-17(18)19(24)23-20-22-13-16(26-20)12-14-6-5-7-15(21)11-14/h3-9,11,13H,2,10,12H2,1H3,(H,22,23,24). The number of carbonyl (C=O) groups excluding carboxylic acids is 1. The summed E-state index contributed by atoms with van der Waals surface area (Å²) in [6, 6.07) is 15.0. The van der Waals surface area contributed by atoms with E-state index < -0.39 is 0 Å². The fourth-order valence-corrected chi connectivity index (χ4v) is 3.51. The molecule has 6 heteroatoms. The van der Waals surface area contributed by atoms with Gasteiger partial charge in [-0.3, -0.25) is 10.1 Å². The predicted molar refractivity (Wildman–Crippen MR) is 107 cm³/mol. The van der Waals surface area contributed by atoms with Crippen LogP contribution in [0, 0.1) is 0 Å². The number of anilines is 1. The van der Waals surface area contributed by atoms with Crippen LogP contribution in [0.4, 0.5) is 5.13 Å². The van der Waals surface area contributed by atoms with Crippen LogP contribution in [0.5, 0.6) is 5.75 Å². The Hall–Kier alpha value is -2.37. The van der Waals surface area contributed by atoms with Crippen molar-refractivity contribution in [3.8, 4) is 5.75 Å². The summed E-state index contributed by atoms with van der Waals surface area (Å²) in [5.74, 6) is 0.364. The molecular formula is C20H19ClN2O2S. The fraction of sp³-hybridized carbons (Fsp3) is 0.200. The van der Waals surface area contributed by atoms with Crippen LogP contribution in [-0.4, -0.2) is 17.5 Å². The highest BCUT2D eigenvalue weighted by Gasteiger charge is 2.14. The quantitative estimate of drug-likeness (QED) is 0.589. The maximum Gasteiger partial charge on any atom is 0.261 e. The number of ether oxygens (including phenoxy) is 1. The van der Waals surface area contributed by atoms with E-state index in [4.69, 9.17) is 16.3 Å². The van der Waals surface area contributed by atoms with Gasteiger partial charge in [0.05, 0.1) is 12.2 Å². The number of halogens is 1. The Balaban J connectivity index is 1.68. The van der Waals surface area contributed by atoms with E-state index in [-0.39, 0.29) is 5.91 Å². The number of carbonyl (C=O) groups is 1. The average Bonchev–Trinajstić information content (AvgIpc) is 3.07. The van der Waals surface area contributed by atoms with Gasteiger partial charge in [-0.1, -0.05) is 42.8 Å². The lowest BCUT2D eigenvalue weighted by atomic mass is 10.1. The van der Waals surface area contributed by atoms with Crippen LogP contribution in [0.3, 0.4) is 0 Å². The molecule has 0 atom stereocenters. The van der Waals surface area contributed by atoms with E-state index >= 15 is 0 Å². The van der Waals surface area contributed by atoms with Crippen LogP contribution >= 0.6 is 22.9 Å². The Bertz CT molecular complexity index is 895. The van der Waals surface area contributed by atoms with Crippen LogP contribution in [0.1, 0.15) is 34.1 Å². The molecule has 4 nitrogen and oxygen atoms in total. The number of nitrogens with zero attached hydrogens (tertiary/aromatic N) is 1. The third-order valence-corrected chi connectivity index (χ3v) is 4.78. The SMILES string of the molecule is CCCOc1ccccc1C(=O)Nc1ncc(Cc2cccc(Cl)c2)s1. The first-order chi connectivity index (χ1) is 12.7. The third kappa shape index (κ3) is 4.84. The van der Waals surface area contributed by atoms with E-state index in [9.17, 15) is 4.79 Å². The largest absolute Gasteiger partial charge is 0.493 e. The second-order valence-electron chi connectivity index (χ2n) is 5.74. The summed E-state index contributed by atoms with van der Waals surface area (Å²) in [7, 11) is 0. The first-order valence-corrected chi connectivity index (χ1v) is 9.57. The average molecular weight is 387 g/mol. The maximum absolute atomic E-state index is 12.6. The van der Waals surface area contributed by atoms with Gasteiger partial charge >= 0.3 is 0 Å². The number of rotatable bonds is 7. The maximum atomic E-state index is 12.6. The zero-order valence-corrected chi connectivity index (χ0v) is 15.9. The summed E-state index contributed by atoms with van der Waals surface area (Å²) in [4.78, 5) is 17.9. The monoisotopic (exact) mass is 386 g/mol. The van der Waals surface area contributed by atoms with Gasteiger partial charge < -0.3 is 4.74 Å². The lowest BCUT2D eigenvalue weighted by Gasteiger charge is -2.09. The van der Waals surface area contributed by atoms with Gasteiger partial charge in [0.15, 0.2) is 5.13 Å². The summed E-state index contributed by atoms with van der Waals surface area (Å²) in [5.41, 5.74) is 1.62. The molecule has 2 aromatic carbocycles. The lowest BCUT2D eigenvalue weighted by molar-refractivity contribution is 0.102. The summed E-state index contributed by atoms with van der Waals surface area (Å²) < 4.78 is 5.65. The Morgan fingerprint density at radius 3 is 2.88 bits per heavy atom. The summed E-state index contributed by atoms with van der Waals surface area (Å²) in [6.45, 7) is 2.60. The molecule has 0 saturated carbocycles. The van der Waals surface area contributed by atoms with E-state index in [1.54, 1.807) is 18.3 Å². The Morgan fingerprint density at radius 1 is 1.23 bits per heavy atom. The van der Waals surface area contributed by atoms with Crippen LogP contribution in [0.2, 0.25) is 5.02 Å². The van der Waals surface area contributed by atoms with Gasteiger partial charge in [0.25, 0.3) is 5.91 Å². The van der Waals surface area contributed by atoms with Crippen molar-refractivity contribution in [2.24, 2.45) is 0 Å². The topological polar surface area (TPSA) is 51.2 Å². The van der Waals surface area contributed by atoms with Crippen molar-refractivity contribution in [3.63, 3.8) is 0 Å². The predicted octanol–water partition coefficient (Wildman–Crippen LogP) is 5.43. The van der Waals surface area contributed by atoms with Gasteiger partial charge in [-0.25, -0.2) is 4.98 Å². The van der Waals surface area contributed by atoms with Gasteiger partial charge in [-0.15, -0.1) is 11.3 Å². The molecule has 0 unspecified atom stereocenters. The van der Waals surface area contributed by atoms with E-state index in [2.05, 4.69) is 10.3 Å². The highest BCUT2D eigenvalue weighted by molar-refractivity contribution is 7.15. The number of para-hydroxylation sites is 1. The van der Waals surface area contributed by atoms with Crippen molar-refractivity contribution in [1.82, 2.24) is 4.98 Å². The molecule has 0 saturated heterocycles. The first kappa shape index (κ1) is 18.4. The van der Waals surface area contributed by atoms with Crippen molar-refractivity contribution >= 4 is 34.0 Å². The number of aromatic nitrogens is 1. The van der Waals surface area contributed by atoms with E-state index in [0.29, 0.717) is 28.1 Å². The summed E-state index contributed by atoms with van der Waals surface area (Å²) >= 11 is 7.48. The number of hydrogen-bond donors (Lipinski definition) is 1.